The Hall–Kier alpha value is -1.25. The van der Waals surface area contributed by atoms with Crippen molar-refractivity contribution in [3.05, 3.63) is 35.4 Å². The van der Waals surface area contributed by atoms with Gasteiger partial charge in [0.1, 0.15) is 6.29 Å². The van der Waals surface area contributed by atoms with Crippen LogP contribution in [0.5, 0.6) is 0 Å². The van der Waals surface area contributed by atoms with Crippen LogP contribution in [0.3, 0.4) is 0 Å². The van der Waals surface area contributed by atoms with Crippen molar-refractivity contribution in [2.45, 2.75) is 31.1 Å². The Kier molecular flexibility index (Phi) is 2.14. The molecule has 3 heteroatoms. The van der Waals surface area contributed by atoms with Gasteiger partial charge in [0.05, 0.1) is 5.41 Å². The van der Waals surface area contributed by atoms with E-state index < -0.39 is 11.3 Å². The molecule has 0 heterocycles. The third kappa shape index (κ3) is 1.66. The first kappa shape index (κ1) is 10.3. The van der Waals surface area contributed by atoms with E-state index in [0.29, 0.717) is 11.8 Å². The van der Waals surface area contributed by atoms with Crippen molar-refractivity contribution in [2.24, 2.45) is 0 Å². The van der Waals surface area contributed by atoms with Gasteiger partial charge in [-0.25, -0.2) is 8.78 Å². The van der Waals surface area contributed by atoms with E-state index in [0.717, 1.165) is 5.56 Å². The molecular formula is C12H12F2O. The number of aryl methyl sites for hydroxylation is 1. The van der Waals surface area contributed by atoms with E-state index in [1.165, 1.54) is 0 Å². The maximum Gasteiger partial charge on any atom is 0.250 e. The molecule has 0 radical (unpaired) electrons. The Balaban J connectivity index is 2.29. The lowest BCUT2D eigenvalue weighted by Gasteiger charge is -2.43. The number of carbonyl (C=O) groups excluding carboxylic acids is 1. The van der Waals surface area contributed by atoms with Crippen LogP contribution < -0.4 is 0 Å². The fraction of sp³-hybridized carbons (Fsp3) is 0.417. The molecule has 1 fully saturated rings. The zero-order valence-electron chi connectivity index (χ0n) is 8.47. The Labute approximate surface area is 87.1 Å². The molecule has 0 unspecified atom stereocenters. The summed E-state index contributed by atoms with van der Waals surface area (Å²) in [7, 11) is 0. The number of hydrogen-bond acceptors (Lipinski definition) is 1. The van der Waals surface area contributed by atoms with Gasteiger partial charge in [-0.1, -0.05) is 29.8 Å². The minimum absolute atomic E-state index is 0.355. The lowest BCUT2D eigenvalue weighted by molar-refractivity contribution is -0.146. The summed E-state index contributed by atoms with van der Waals surface area (Å²) in [6, 6.07) is 7.21. The van der Waals surface area contributed by atoms with Crippen molar-refractivity contribution in [1.82, 2.24) is 0 Å². The number of aldehydes is 1. The summed E-state index contributed by atoms with van der Waals surface area (Å²) in [6.07, 6.45) is -0.0474. The van der Waals surface area contributed by atoms with Gasteiger partial charge in [-0.3, -0.25) is 0 Å². The van der Waals surface area contributed by atoms with Crippen LogP contribution in [-0.4, -0.2) is 12.2 Å². The summed E-state index contributed by atoms with van der Waals surface area (Å²) in [5, 5.41) is 0. The first-order chi connectivity index (χ1) is 6.97. The van der Waals surface area contributed by atoms with Crippen LogP contribution in [0.1, 0.15) is 24.0 Å². The number of alkyl halides is 2. The van der Waals surface area contributed by atoms with Gasteiger partial charge in [-0.2, -0.15) is 0 Å². The number of hydrogen-bond donors (Lipinski definition) is 0. The second-order valence-corrected chi connectivity index (χ2v) is 4.35. The van der Waals surface area contributed by atoms with Gasteiger partial charge < -0.3 is 4.79 Å². The topological polar surface area (TPSA) is 17.1 Å². The number of rotatable bonds is 2. The van der Waals surface area contributed by atoms with E-state index in [1.807, 2.05) is 19.1 Å². The maximum atomic E-state index is 12.8. The molecule has 0 aromatic heterocycles. The van der Waals surface area contributed by atoms with Gasteiger partial charge in [0.2, 0.25) is 0 Å². The zero-order chi connectivity index (χ0) is 11.1. The number of halogens is 2. The standard InChI is InChI=1S/C12H12F2O/c1-9-2-4-10(5-3-9)11(8-15)6-12(13,14)7-11/h2-5,8H,6-7H2,1H3. The molecule has 15 heavy (non-hydrogen) atoms. The van der Waals surface area contributed by atoms with E-state index in [2.05, 4.69) is 0 Å². The van der Waals surface area contributed by atoms with Gasteiger partial charge in [-0.15, -0.1) is 0 Å². The molecule has 0 aliphatic heterocycles. The highest BCUT2D eigenvalue weighted by Gasteiger charge is 2.57. The third-order valence-corrected chi connectivity index (χ3v) is 3.00. The first-order valence-electron chi connectivity index (χ1n) is 4.89. The minimum Gasteiger partial charge on any atom is -0.302 e. The second-order valence-electron chi connectivity index (χ2n) is 4.35. The molecular weight excluding hydrogens is 198 g/mol. The lowest BCUT2D eigenvalue weighted by atomic mass is 9.63. The van der Waals surface area contributed by atoms with Gasteiger partial charge in [0, 0.05) is 12.8 Å². The van der Waals surface area contributed by atoms with Crippen molar-refractivity contribution in [1.29, 1.82) is 0 Å². The molecule has 0 atom stereocenters. The molecule has 1 aliphatic carbocycles. The van der Waals surface area contributed by atoms with E-state index in [1.54, 1.807) is 12.1 Å². The summed E-state index contributed by atoms with van der Waals surface area (Å²) in [5.74, 6) is -2.67. The zero-order valence-corrected chi connectivity index (χ0v) is 8.47. The van der Waals surface area contributed by atoms with Crippen LogP contribution in [-0.2, 0) is 10.2 Å². The average Bonchev–Trinajstić information content (AvgIpc) is 2.14. The molecule has 1 saturated carbocycles. The fourth-order valence-electron chi connectivity index (χ4n) is 2.11. The smallest absolute Gasteiger partial charge is 0.250 e. The van der Waals surface area contributed by atoms with Crippen molar-refractivity contribution >= 4 is 6.29 Å². The van der Waals surface area contributed by atoms with E-state index in [4.69, 9.17) is 0 Å². The molecule has 0 bridgehead atoms. The molecule has 0 amide bonds. The van der Waals surface area contributed by atoms with Crippen LogP contribution in [0.4, 0.5) is 8.78 Å². The van der Waals surface area contributed by atoms with Crippen LogP contribution in [0.2, 0.25) is 0 Å². The van der Waals surface area contributed by atoms with Gasteiger partial charge >= 0.3 is 0 Å². The predicted molar refractivity (Wildman–Crippen MR) is 53.1 cm³/mol. The quantitative estimate of drug-likeness (QED) is 0.686. The van der Waals surface area contributed by atoms with Crippen molar-refractivity contribution in [3.63, 3.8) is 0 Å². The molecule has 1 nitrogen and oxygen atoms in total. The number of benzene rings is 1. The summed E-state index contributed by atoms with van der Waals surface area (Å²) in [4.78, 5) is 10.9. The van der Waals surface area contributed by atoms with E-state index >= 15 is 0 Å². The molecule has 0 N–H and O–H groups in total. The highest BCUT2D eigenvalue weighted by molar-refractivity contribution is 5.71. The van der Waals surface area contributed by atoms with Crippen molar-refractivity contribution < 1.29 is 13.6 Å². The first-order valence-corrected chi connectivity index (χ1v) is 4.89. The Morgan fingerprint density at radius 2 is 1.73 bits per heavy atom. The normalized spacial score (nSPS) is 21.8. The van der Waals surface area contributed by atoms with Crippen LogP contribution >= 0.6 is 0 Å². The summed E-state index contributed by atoms with van der Waals surface area (Å²) < 4.78 is 25.7. The minimum atomic E-state index is -2.67. The number of carbonyl (C=O) groups is 1. The third-order valence-electron chi connectivity index (χ3n) is 3.00. The average molecular weight is 210 g/mol. The monoisotopic (exact) mass is 210 g/mol. The lowest BCUT2D eigenvalue weighted by Crippen LogP contribution is -2.50. The van der Waals surface area contributed by atoms with Crippen LogP contribution in [0.15, 0.2) is 24.3 Å². The molecule has 1 aromatic carbocycles. The molecule has 1 aromatic rings. The Bertz CT molecular complexity index is 373. The molecule has 0 saturated heterocycles. The summed E-state index contributed by atoms with van der Waals surface area (Å²) in [5.41, 5.74) is 0.817. The van der Waals surface area contributed by atoms with Crippen LogP contribution in [0, 0.1) is 6.92 Å². The van der Waals surface area contributed by atoms with E-state index in [-0.39, 0.29) is 12.8 Å². The molecule has 2 rings (SSSR count). The summed E-state index contributed by atoms with van der Waals surface area (Å²) in [6.45, 7) is 1.92. The molecule has 1 aliphatic rings. The van der Waals surface area contributed by atoms with Crippen LogP contribution in [0.25, 0.3) is 0 Å². The molecule has 0 spiro atoms. The fourth-order valence-corrected chi connectivity index (χ4v) is 2.11. The predicted octanol–water partition coefficient (Wildman–Crippen LogP) is 2.86. The summed E-state index contributed by atoms with van der Waals surface area (Å²) >= 11 is 0. The SMILES string of the molecule is Cc1ccc(C2(C=O)CC(F)(F)C2)cc1. The van der Waals surface area contributed by atoms with Gasteiger partial charge in [-0.05, 0) is 12.5 Å². The van der Waals surface area contributed by atoms with Crippen molar-refractivity contribution in [3.8, 4) is 0 Å². The maximum absolute atomic E-state index is 12.8. The Morgan fingerprint density at radius 1 is 1.20 bits per heavy atom. The van der Waals surface area contributed by atoms with Crippen molar-refractivity contribution in [2.75, 3.05) is 0 Å². The van der Waals surface area contributed by atoms with Gasteiger partial charge in [0.15, 0.2) is 0 Å². The second kappa shape index (κ2) is 3.12. The molecule has 80 valence electrons. The largest absolute Gasteiger partial charge is 0.302 e. The van der Waals surface area contributed by atoms with Gasteiger partial charge in [0.25, 0.3) is 5.92 Å². The Morgan fingerprint density at radius 3 is 2.13 bits per heavy atom. The van der Waals surface area contributed by atoms with E-state index in [9.17, 15) is 13.6 Å². The highest BCUT2D eigenvalue weighted by Crippen LogP contribution is 2.52. The highest BCUT2D eigenvalue weighted by atomic mass is 19.3.